The van der Waals surface area contributed by atoms with Crippen molar-refractivity contribution in [1.82, 2.24) is 29.5 Å². The molecule has 0 N–H and O–H groups in total. The number of benzene rings is 1. The highest BCUT2D eigenvalue weighted by molar-refractivity contribution is 6.10. The lowest BCUT2D eigenvalue weighted by atomic mass is 9.62. The van der Waals surface area contributed by atoms with E-state index in [2.05, 4.69) is 40.9 Å². The summed E-state index contributed by atoms with van der Waals surface area (Å²) in [4.78, 5) is 24.9. The second-order valence-corrected chi connectivity index (χ2v) is 14.8. The van der Waals surface area contributed by atoms with E-state index in [1.165, 1.54) is 11.0 Å². The predicted octanol–water partition coefficient (Wildman–Crippen LogP) is 5.58. The number of halogens is 3. The average Bonchev–Trinajstić information content (AvgIpc) is 3.78. The smallest absolute Gasteiger partial charge is 0.416 e. The fourth-order valence-electron chi connectivity index (χ4n) is 8.34. The van der Waals surface area contributed by atoms with Gasteiger partial charge in [0.1, 0.15) is 24.1 Å². The van der Waals surface area contributed by atoms with Crippen LogP contribution in [0.15, 0.2) is 30.6 Å². The number of piperazine rings is 1. The van der Waals surface area contributed by atoms with Crippen LogP contribution in [-0.4, -0.2) is 87.5 Å². The van der Waals surface area contributed by atoms with E-state index in [4.69, 9.17) is 14.5 Å². The van der Waals surface area contributed by atoms with Gasteiger partial charge in [-0.05, 0) is 86.4 Å². The third kappa shape index (κ3) is 6.33. The van der Waals surface area contributed by atoms with Crippen LogP contribution in [0.3, 0.4) is 0 Å². The van der Waals surface area contributed by atoms with Gasteiger partial charge in [0, 0.05) is 58.0 Å². The molecule has 4 heterocycles. The summed E-state index contributed by atoms with van der Waals surface area (Å²) in [5, 5.41) is 8.60. The zero-order chi connectivity index (χ0) is 34.7. The van der Waals surface area contributed by atoms with Crippen LogP contribution in [0, 0.1) is 5.92 Å². The van der Waals surface area contributed by atoms with Gasteiger partial charge < -0.3 is 18.9 Å². The summed E-state index contributed by atoms with van der Waals surface area (Å²) in [5.41, 5.74) is 0.0255. The first-order valence-corrected chi connectivity index (χ1v) is 17.4. The molecule has 264 valence electrons. The Balaban J connectivity index is 1.27. The summed E-state index contributed by atoms with van der Waals surface area (Å²) >= 11 is 0. The number of anilines is 1. The van der Waals surface area contributed by atoms with E-state index in [0.29, 0.717) is 36.7 Å². The minimum Gasteiger partial charge on any atom is -0.474 e. The van der Waals surface area contributed by atoms with Crippen molar-refractivity contribution in [3.05, 3.63) is 64.2 Å². The Labute approximate surface area is 285 Å². The number of ether oxygens (including phenoxy) is 2. The van der Waals surface area contributed by atoms with Gasteiger partial charge in [-0.2, -0.15) is 18.2 Å². The summed E-state index contributed by atoms with van der Waals surface area (Å²) < 4.78 is 58.2. The van der Waals surface area contributed by atoms with E-state index in [1.807, 2.05) is 23.7 Å². The number of rotatable bonds is 9. The van der Waals surface area contributed by atoms with Crippen molar-refractivity contribution >= 4 is 11.7 Å². The van der Waals surface area contributed by atoms with Crippen molar-refractivity contribution in [1.29, 1.82) is 0 Å². The quantitative estimate of drug-likeness (QED) is 0.290. The molecule has 13 heteroatoms. The number of hydrogen-bond acceptors (Lipinski definition) is 8. The van der Waals surface area contributed by atoms with E-state index >= 15 is 0 Å². The van der Waals surface area contributed by atoms with Crippen LogP contribution >= 0.6 is 0 Å². The van der Waals surface area contributed by atoms with Crippen LogP contribution in [0.25, 0.3) is 0 Å². The van der Waals surface area contributed by atoms with Crippen LogP contribution in [0.1, 0.15) is 90.8 Å². The lowest BCUT2D eigenvalue weighted by Gasteiger charge is -2.46. The molecule has 3 fully saturated rings. The van der Waals surface area contributed by atoms with Crippen LogP contribution in [0.5, 0.6) is 5.88 Å². The molecular weight excluding hydrogens is 635 g/mol. The number of likely N-dealkylation sites (N-methyl/N-ethyl adjacent to an activating group) is 1. The molecule has 7 rings (SSSR count). The Morgan fingerprint density at radius 3 is 2.45 bits per heavy atom. The predicted molar refractivity (Wildman–Crippen MR) is 177 cm³/mol. The number of hydrogen-bond donors (Lipinski definition) is 0. The van der Waals surface area contributed by atoms with Gasteiger partial charge in [-0.15, -0.1) is 10.2 Å². The number of amides is 1. The molecule has 3 aromatic rings. The van der Waals surface area contributed by atoms with Gasteiger partial charge in [-0.25, -0.2) is 0 Å². The first-order chi connectivity index (χ1) is 23.4. The molecule has 0 bridgehead atoms. The molecule has 1 amide bonds. The number of carbonyl (C=O) groups excluding carboxylic acids is 1. The molecule has 2 saturated carbocycles. The van der Waals surface area contributed by atoms with E-state index in [1.54, 1.807) is 19.5 Å². The van der Waals surface area contributed by atoms with E-state index < -0.39 is 23.1 Å². The molecular formula is C36H46F3N7O3. The third-order valence-corrected chi connectivity index (χ3v) is 11.1. The molecule has 4 aliphatic rings. The molecule has 1 saturated heterocycles. The number of methoxy groups -OCH3 is 1. The van der Waals surface area contributed by atoms with Crippen molar-refractivity contribution in [3.8, 4) is 5.88 Å². The number of aromatic nitrogens is 4. The molecule has 49 heavy (non-hydrogen) atoms. The highest BCUT2D eigenvalue weighted by atomic mass is 19.4. The van der Waals surface area contributed by atoms with Gasteiger partial charge in [0.2, 0.25) is 5.88 Å². The Morgan fingerprint density at radius 1 is 1.04 bits per heavy atom. The molecule has 2 aliphatic carbocycles. The molecule has 0 radical (unpaired) electrons. The standard InChI is InChI=1S/C36H46F3N7O3/c1-22(2)30-20-43(3)10-11-45(30)18-23-12-27-28(29(13-23)36(37,38)39)19-46(33(27)47)31-14-24(15-32(41-31)49-25-8-6-7-9-25)35(16-26(17-35)48-5)34-42-40-21-44(34)4/h12-15,21-22,25-26,30H,6-11,16-20H2,1-5H3/t26-,30?,35+. The van der Waals surface area contributed by atoms with Gasteiger partial charge in [0.15, 0.2) is 0 Å². The summed E-state index contributed by atoms with van der Waals surface area (Å²) in [6, 6.07) is 6.82. The maximum absolute atomic E-state index is 14.7. The minimum absolute atomic E-state index is 0.00597. The van der Waals surface area contributed by atoms with Gasteiger partial charge in [0.25, 0.3) is 5.91 Å². The minimum atomic E-state index is -4.63. The number of nitrogens with zero attached hydrogens (tertiary/aromatic N) is 7. The van der Waals surface area contributed by atoms with E-state index in [9.17, 15) is 18.0 Å². The molecule has 2 aromatic heterocycles. The van der Waals surface area contributed by atoms with Crippen molar-refractivity contribution in [2.24, 2.45) is 13.0 Å². The largest absolute Gasteiger partial charge is 0.474 e. The number of pyridine rings is 1. The molecule has 1 unspecified atom stereocenters. The van der Waals surface area contributed by atoms with Gasteiger partial charge in [-0.3, -0.25) is 14.6 Å². The number of carbonyl (C=O) groups is 1. The van der Waals surface area contributed by atoms with Gasteiger partial charge >= 0.3 is 6.18 Å². The fraction of sp³-hybridized carbons (Fsp3) is 0.611. The Bertz CT molecular complexity index is 1700. The monoisotopic (exact) mass is 681 g/mol. The number of aryl methyl sites for hydroxylation is 1. The van der Waals surface area contributed by atoms with E-state index in [0.717, 1.165) is 56.7 Å². The van der Waals surface area contributed by atoms with Gasteiger partial charge in [0.05, 0.1) is 23.6 Å². The van der Waals surface area contributed by atoms with Crippen molar-refractivity contribution in [3.63, 3.8) is 0 Å². The van der Waals surface area contributed by atoms with E-state index in [-0.39, 0.29) is 41.7 Å². The maximum Gasteiger partial charge on any atom is 0.416 e. The Hall–Kier alpha value is -3.55. The van der Waals surface area contributed by atoms with Crippen molar-refractivity contribution in [2.75, 3.05) is 38.7 Å². The third-order valence-electron chi connectivity index (χ3n) is 11.1. The summed E-state index contributed by atoms with van der Waals surface area (Å²) in [6.07, 6.45) is 2.18. The highest BCUT2D eigenvalue weighted by Crippen LogP contribution is 2.51. The lowest BCUT2D eigenvalue weighted by Crippen LogP contribution is -2.53. The summed E-state index contributed by atoms with van der Waals surface area (Å²) in [5.74, 6) is 1.21. The molecule has 1 aromatic carbocycles. The number of alkyl halides is 3. The molecule has 2 aliphatic heterocycles. The highest BCUT2D eigenvalue weighted by Gasteiger charge is 2.51. The first kappa shape index (κ1) is 33.9. The van der Waals surface area contributed by atoms with Crippen molar-refractivity contribution in [2.45, 2.75) is 95.3 Å². The zero-order valence-electron chi connectivity index (χ0n) is 29.0. The van der Waals surface area contributed by atoms with Crippen LogP contribution in [-0.2, 0) is 36.5 Å². The maximum atomic E-state index is 14.7. The average molecular weight is 682 g/mol. The van der Waals surface area contributed by atoms with Gasteiger partial charge in [-0.1, -0.05) is 13.8 Å². The number of fused-ring (bicyclic) bond motifs is 1. The first-order valence-electron chi connectivity index (χ1n) is 17.4. The van der Waals surface area contributed by atoms with Crippen LogP contribution < -0.4 is 9.64 Å². The normalized spacial score (nSPS) is 25.3. The Kier molecular flexibility index (Phi) is 8.98. The second kappa shape index (κ2) is 13.0. The second-order valence-electron chi connectivity index (χ2n) is 14.8. The summed E-state index contributed by atoms with van der Waals surface area (Å²) in [6.45, 7) is 6.81. The lowest BCUT2D eigenvalue weighted by molar-refractivity contribution is -0.138. The Morgan fingerprint density at radius 2 is 1.80 bits per heavy atom. The van der Waals surface area contributed by atoms with Crippen LogP contribution in [0.4, 0.5) is 19.0 Å². The fourth-order valence-corrected chi connectivity index (χ4v) is 8.34. The molecule has 10 nitrogen and oxygen atoms in total. The summed E-state index contributed by atoms with van der Waals surface area (Å²) in [7, 11) is 5.63. The topological polar surface area (TPSA) is 88.8 Å². The molecule has 0 spiro atoms. The van der Waals surface area contributed by atoms with Crippen molar-refractivity contribution < 1.29 is 27.4 Å². The molecule has 1 atom stereocenters. The SMILES string of the molecule is CO[C@H]1C[C@@](c2cc(OC3CCCC3)nc(N3Cc4c(cc(CN5CCN(C)CC5C(C)C)cc4C(F)(F)F)C3=O)c2)(c2nncn2C)C1. The zero-order valence-corrected chi connectivity index (χ0v) is 29.0. The van der Waals surface area contributed by atoms with Crippen LogP contribution in [0.2, 0.25) is 0 Å².